The van der Waals surface area contributed by atoms with Crippen LogP contribution in [0.3, 0.4) is 0 Å². The average molecular weight is 467 g/mol. The van der Waals surface area contributed by atoms with Crippen LogP contribution >= 0.6 is 0 Å². The number of rotatable bonds is 6. The molecular formula is C26H24F3N3O2. The fourth-order valence-electron chi connectivity index (χ4n) is 3.72. The van der Waals surface area contributed by atoms with Gasteiger partial charge in [-0.05, 0) is 55.3 Å². The maximum Gasteiger partial charge on any atom is 0.416 e. The third kappa shape index (κ3) is 4.62. The highest BCUT2D eigenvalue weighted by Gasteiger charge is 2.30. The molecule has 0 N–H and O–H groups in total. The van der Waals surface area contributed by atoms with Gasteiger partial charge in [-0.1, -0.05) is 36.8 Å². The Hall–Kier alpha value is -3.81. The third-order valence-corrected chi connectivity index (χ3v) is 5.59. The molecule has 5 nitrogen and oxygen atoms in total. The molecule has 4 rings (SSSR count). The van der Waals surface area contributed by atoms with Crippen LogP contribution in [0.1, 0.15) is 39.7 Å². The molecule has 4 aromatic rings. The Kier molecular flexibility index (Phi) is 6.32. The first-order valence-electron chi connectivity index (χ1n) is 10.8. The topological polar surface area (TPSA) is 46.8 Å². The van der Waals surface area contributed by atoms with E-state index in [1.54, 1.807) is 46.8 Å². The summed E-state index contributed by atoms with van der Waals surface area (Å²) in [6.07, 6.45) is -1.97. The summed E-state index contributed by atoms with van der Waals surface area (Å²) in [7, 11) is 1.71. The van der Waals surface area contributed by atoms with E-state index in [1.807, 2.05) is 26.0 Å². The van der Waals surface area contributed by atoms with Gasteiger partial charge in [0.2, 0.25) is 0 Å². The van der Waals surface area contributed by atoms with Crippen molar-refractivity contribution in [3.8, 4) is 5.75 Å². The molecule has 0 aliphatic rings. The molecular weight excluding hydrogens is 443 g/mol. The number of carbonyl (C=O) groups excluding carboxylic acids is 1. The van der Waals surface area contributed by atoms with Gasteiger partial charge in [-0.2, -0.15) is 13.2 Å². The molecule has 0 atom stereocenters. The molecule has 34 heavy (non-hydrogen) atoms. The zero-order valence-corrected chi connectivity index (χ0v) is 19.1. The highest BCUT2D eigenvalue weighted by Crippen LogP contribution is 2.31. The molecule has 2 aromatic carbocycles. The number of anilines is 1. The normalized spacial score (nSPS) is 11.6. The van der Waals surface area contributed by atoms with Gasteiger partial charge in [0.15, 0.2) is 11.4 Å². The second kappa shape index (κ2) is 9.21. The number of benzene rings is 2. The summed E-state index contributed by atoms with van der Waals surface area (Å²) < 4.78 is 46.1. The van der Waals surface area contributed by atoms with Crippen LogP contribution in [0.25, 0.3) is 5.65 Å². The van der Waals surface area contributed by atoms with Gasteiger partial charge in [-0.3, -0.25) is 14.1 Å². The first-order valence-corrected chi connectivity index (χ1v) is 10.8. The lowest BCUT2D eigenvalue weighted by Crippen LogP contribution is -2.28. The van der Waals surface area contributed by atoms with Crippen molar-refractivity contribution in [1.82, 2.24) is 9.38 Å². The van der Waals surface area contributed by atoms with E-state index in [0.29, 0.717) is 34.8 Å². The van der Waals surface area contributed by atoms with Gasteiger partial charge < -0.3 is 4.74 Å². The van der Waals surface area contributed by atoms with Crippen LogP contribution in [0.2, 0.25) is 0 Å². The number of aryl methyl sites for hydroxylation is 2. The summed E-state index contributed by atoms with van der Waals surface area (Å²) in [4.78, 5) is 19.4. The SMILES string of the molecule is CCc1nc2c(OCc3ccc(C(F)(F)F)cc3)cccn2c1N(C)C(=O)c1ccc(C)cc1. The van der Waals surface area contributed by atoms with Crippen LogP contribution in [-0.4, -0.2) is 22.3 Å². The smallest absolute Gasteiger partial charge is 0.416 e. The monoisotopic (exact) mass is 467 g/mol. The van der Waals surface area contributed by atoms with E-state index < -0.39 is 11.7 Å². The number of hydrogen-bond donors (Lipinski definition) is 0. The lowest BCUT2D eigenvalue weighted by Gasteiger charge is -2.18. The zero-order valence-electron chi connectivity index (χ0n) is 19.1. The number of fused-ring (bicyclic) bond motifs is 1. The lowest BCUT2D eigenvalue weighted by molar-refractivity contribution is -0.137. The Morgan fingerprint density at radius 2 is 1.74 bits per heavy atom. The molecule has 0 saturated carbocycles. The number of aromatic nitrogens is 2. The van der Waals surface area contributed by atoms with Crippen molar-refractivity contribution in [3.05, 3.63) is 94.8 Å². The predicted molar refractivity (Wildman–Crippen MR) is 124 cm³/mol. The molecule has 2 aromatic heterocycles. The van der Waals surface area contributed by atoms with Crippen molar-refractivity contribution in [1.29, 1.82) is 0 Å². The van der Waals surface area contributed by atoms with Crippen molar-refractivity contribution in [2.75, 3.05) is 11.9 Å². The Bertz CT molecular complexity index is 1310. The molecule has 0 saturated heterocycles. The molecule has 1 amide bonds. The largest absolute Gasteiger partial charge is 0.485 e. The summed E-state index contributed by atoms with van der Waals surface area (Å²) >= 11 is 0. The van der Waals surface area contributed by atoms with Crippen LogP contribution in [0.4, 0.5) is 19.0 Å². The van der Waals surface area contributed by atoms with E-state index in [4.69, 9.17) is 9.72 Å². The van der Waals surface area contributed by atoms with E-state index in [2.05, 4.69) is 0 Å². The summed E-state index contributed by atoms with van der Waals surface area (Å²) in [5, 5.41) is 0. The molecule has 0 fully saturated rings. The van der Waals surface area contributed by atoms with E-state index in [9.17, 15) is 18.0 Å². The van der Waals surface area contributed by atoms with Crippen molar-refractivity contribution in [2.45, 2.75) is 33.1 Å². The molecule has 0 aliphatic carbocycles. The average Bonchev–Trinajstić information content (AvgIpc) is 3.21. The van der Waals surface area contributed by atoms with Crippen molar-refractivity contribution >= 4 is 17.4 Å². The number of amides is 1. The first-order chi connectivity index (χ1) is 16.2. The van der Waals surface area contributed by atoms with E-state index in [1.165, 1.54) is 12.1 Å². The molecule has 2 heterocycles. The Morgan fingerprint density at radius 3 is 2.35 bits per heavy atom. The molecule has 0 unspecified atom stereocenters. The van der Waals surface area contributed by atoms with E-state index in [-0.39, 0.29) is 12.5 Å². The van der Waals surface area contributed by atoms with Crippen LogP contribution in [-0.2, 0) is 19.2 Å². The van der Waals surface area contributed by atoms with Crippen LogP contribution in [0.15, 0.2) is 66.9 Å². The molecule has 0 aliphatic heterocycles. The summed E-state index contributed by atoms with van der Waals surface area (Å²) in [5.41, 5.74) is 2.80. The minimum Gasteiger partial charge on any atom is -0.485 e. The number of nitrogens with zero attached hydrogens (tertiary/aromatic N) is 3. The highest BCUT2D eigenvalue weighted by atomic mass is 19.4. The van der Waals surface area contributed by atoms with Gasteiger partial charge in [0.1, 0.15) is 12.4 Å². The number of hydrogen-bond acceptors (Lipinski definition) is 3. The first kappa shape index (κ1) is 23.4. The highest BCUT2D eigenvalue weighted by molar-refractivity contribution is 6.05. The van der Waals surface area contributed by atoms with Gasteiger partial charge in [0, 0.05) is 18.8 Å². The molecule has 8 heteroatoms. The maximum atomic E-state index is 13.1. The molecule has 0 spiro atoms. The Morgan fingerprint density at radius 1 is 1.06 bits per heavy atom. The second-order valence-corrected chi connectivity index (χ2v) is 8.02. The number of pyridine rings is 1. The van der Waals surface area contributed by atoms with Gasteiger partial charge in [-0.15, -0.1) is 0 Å². The van der Waals surface area contributed by atoms with Crippen molar-refractivity contribution in [2.24, 2.45) is 0 Å². The summed E-state index contributed by atoms with van der Waals surface area (Å²) in [5.74, 6) is 0.954. The van der Waals surface area contributed by atoms with Crippen LogP contribution in [0, 0.1) is 6.92 Å². The number of ether oxygens (including phenoxy) is 1. The number of imidazole rings is 1. The van der Waals surface area contributed by atoms with Crippen molar-refractivity contribution in [3.63, 3.8) is 0 Å². The number of carbonyl (C=O) groups is 1. The molecule has 0 bridgehead atoms. The number of halogens is 3. The standard InChI is InChI=1S/C26H24F3N3O2/c1-4-21-24(31(3)25(33)19-11-7-17(2)8-12-19)32-15-5-6-22(23(32)30-21)34-16-18-9-13-20(14-10-18)26(27,28)29/h5-15H,4,16H2,1-3H3. The second-order valence-electron chi connectivity index (χ2n) is 8.02. The predicted octanol–water partition coefficient (Wildman–Crippen LogP) is 6.08. The maximum absolute atomic E-state index is 13.1. The van der Waals surface area contributed by atoms with Gasteiger partial charge >= 0.3 is 6.18 Å². The van der Waals surface area contributed by atoms with Crippen molar-refractivity contribution < 1.29 is 22.7 Å². The van der Waals surface area contributed by atoms with Crippen LogP contribution in [0.5, 0.6) is 5.75 Å². The fraction of sp³-hybridized carbons (Fsp3) is 0.231. The third-order valence-electron chi connectivity index (χ3n) is 5.59. The van der Waals surface area contributed by atoms with Gasteiger partial charge in [-0.25, -0.2) is 4.98 Å². The molecule has 176 valence electrons. The Labute approximate surface area is 195 Å². The fourth-order valence-corrected chi connectivity index (χ4v) is 3.72. The number of alkyl halides is 3. The zero-order chi connectivity index (χ0) is 24.5. The minimum atomic E-state index is -4.38. The van der Waals surface area contributed by atoms with E-state index >= 15 is 0 Å². The summed E-state index contributed by atoms with van der Waals surface area (Å²) in [6, 6.07) is 15.8. The quantitative estimate of drug-likeness (QED) is 0.345. The lowest BCUT2D eigenvalue weighted by atomic mass is 10.1. The Balaban J connectivity index is 1.62. The van der Waals surface area contributed by atoms with Crippen LogP contribution < -0.4 is 9.64 Å². The van der Waals surface area contributed by atoms with Gasteiger partial charge in [0.25, 0.3) is 5.91 Å². The van der Waals surface area contributed by atoms with E-state index in [0.717, 1.165) is 23.4 Å². The summed E-state index contributed by atoms with van der Waals surface area (Å²) in [6.45, 7) is 4.00. The molecule has 0 radical (unpaired) electrons. The minimum absolute atomic E-state index is 0.0829. The van der Waals surface area contributed by atoms with Gasteiger partial charge in [0.05, 0.1) is 11.3 Å².